The molecule has 94 valence electrons. The van der Waals surface area contributed by atoms with E-state index in [0.29, 0.717) is 6.08 Å². The molecule has 0 aromatic rings. The van der Waals surface area contributed by atoms with Crippen LogP contribution in [-0.2, 0) is 29.4 Å². The third-order valence-corrected chi connectivity index (χ3v) is 4.67. The number of rotatable bonds is 3. The third-order valence-electron chi connectivity index (χ3n) is 1.85. The van der Waals surface area contributed by atoms with Gasteiger partial charge >= 0.3 is 5.97 Å². The highest BCUT2D eigenvalue weighted by Gasteiger charge is 2.36. The lowest BCUT2D eigenvalue weighted by atomic mass is 10.3. The summed E-state index contributed by atoms with van der Waals surface area (Å²) < 4.78 is 47.5. The van der Waals surface area contributed by atoms with Crippen molar-refractivity contribution in [2.75, 3.05) is 5.75 Å². The Morgan fingerprint density at radius 1 is 1.41 bits per heavy atom. The summed E-state index contributed by atoms with van der Waals surface area (Å²) in [7, 11) is -8.64. The zero-order valence-corrected chi connectivity index (χ0v) is 10.1. The lowest BCUT2D eigenvalue weighted by Gasteiger charge is -1.95. The fourth-order valence-corrected chi connectivity index (χ4v) is 2.68. The molecule has 17 heavy (non-hydrogen) atoms. The van der Waals surface area contributed by atoms with Gasteiger partial charge in [0.05, 0.1) is 5.75 Å². The van der Waals surface area contributed by atoms with Gasteiger partial charge in [-0.15, -0.1) is 0 Å². The highest BCUT2D eigenvalue weighted by atomic mass is 32.2. The second-order valence-corrected chi connectivity index (χ2v) is 6.71. The van der Waals surface area contributed by atoms with E-state index in [4.69, 9.17) is 5.11 Å². The molecule has 0 amide bonds. The van der Waals surface area contributed by atoms with Crippen LogP contribution >= 0.6 is 0 Å². The van der Waals surface area contributed by atoms with E-state index < -0.39 is 47.3 Å². The highest BCUT2D eigenvalue weighted by Crippen LogP contribution is 2.18. The molecule has 0 saturated heterocycles. The van der Waals surface area contributed by atoms with Gasteiger partial charge in [-0.3, -0.25) is 4.79 Å². The molecule has 0 unspecified atom stereocenters. The summed E-state index contributed by atoms with van der Waals surface area (Å²) in [5.74, 6) is -2.33. The van der Waals surface area contributed by atoms with E-state index in [1.807, 2.05) is 0 Å². The predicted octanol–water partition coefficient (Wildman–Crippen LogP) is -1.30. The second kappa shape index (κ2) is 4.04. The number of carboxylic acid groups (broad SMARTS) is 1. The van der Waals surface area contributed by atoms with Gasteiger partial charge in [-0.05, 0) is 6.08 Å². The van der Waals surface area contributed by atoms with Gasteiger partial charge in [-0.1, -0.05) is 6.92 Å². The number of nitrogens with zero attached hydrogens (tertiary/aromatic N) is 1. The largest absolute Gasteiger partial charge is 0.477 e. The first kappa shape index (κ1) is 13.5. The lowest BCUT2D eigenvalue weighted by Crippen LogP contribution is -2.23. The van der Waals surface area contributed by atoms with Crippen molar-refractivity contribution in [3.63, 3.8) is 0 Å². The molecule has 0 aliphatic carbocycles. The van der Waals surface area contributed by atoms with Gasteiger partial charge in [0.1, 0.15) is 5.71 Å². The topological polar surface area (TPSA) is 135 Å². The molecule has 1 heterocycles. The Kier molecular flexibility index (Phi) is 3.21. The molecule has 1 N–H and O–H groups in total. The van der Waals surface area contributed by atoms with Crippen LogP contribution in [0.3, 0.4) is 0 Å². The molecule has 0 atom stereocenters. The van der Waals surface area contributed by atoms with Crippen molar-refractivity contribution in [3.8, 4) is 0 Å². The van der Waals surface area contributed by atoms with E-state index in [0.717, 1.165) is 0 Å². The molecule has 0 fully saturated rings. The summed E-state index contributed by atoms with van der Waals surface area (Å²) in [6.45, 7) is 1.19. The third kappa shape index (κ3) is 2.42. The number of sulfone groups is 1. The van der Waals surface area contributed by atoms with Gasteiger partial charge < -0.3 is 5.11 Å². The monoisotopic (exact) mass is 281 g/mol. The van der Waals surface area contributed by atoms with Gasteiger partial charge in [0.25, 0.3) is 15.1 Å². The van der Waals surface area contributed by atoms with Crippen LogP contribution in [0.5, 0.6) is 0 Å². The first-order valence-corrected chi connectivity index (χ1v) is 7.28. The fraction of sp³-hybridized carbons (Fsp3) is 0.286. The number of allylic oxidation sites excluding steroid dienone is 1. The molecule has 1 aliphatic rings. The normalized spacial score (nSPS) is 18.4. The summed E-state index contributed by atoms with van der Waals surface area (Å²) in [5.41, 5.74) is -0.899. The van der Waals surface area contributed by atoms with Crippen molar-refractivity contribution >= 4 is 36.7 Å². The van der Waals surface area contributed by atoms with Gasteiger partial charge in [0.15, 0.2) is 4.91 Å². The number of carbonyl (C=O) groups is 2. The van der Waals surface area contributed by atoms with E-state index in [-0.39, 0.29) is 0 Å². The van der Waals surface area contributed by atoms with Crippen LogP contribution in [-0.4, -0.2) is 44.5 Å². The fourth-order valence-electron chi connectivity index (χ4n) is 0.962. The SMILES string of the molecule is CCS(=O)(=O)C(=O)C1=NS(=O)(=O)C(C(=O)O)=C1. The Balaban J connectivity index is 3.32. The maximum atomic E-state index is 11.3. The van der Waals surface area contributed by atoms with Crippen LogP contribution in [0.15, 0.2) is 15.4 Å². The summed E-state index contributed by atoms with van der Waals surface area (Å²) >= 11 is 0. The number of hydrogen-bond donors (Lipinski definition) is 1. The first-order valence-electron chi connectivity index (χ1n) is 4.19. The van der Waals surface area contributed by atoms with Crippen molar-refractivity contribution in [2.45, 2.75) is 6.92 Å². The van der Waals surface area contributed by atoms with Crippen molar-refractivity contribution in [2.24, 2.45) is 4.40 Å². The smallest absolute Gasteiger partial charge is 0.349 e. The Hall–Kier alpha value is -1.55. The number of aliphatic carboxylic acids is 1. The number of carbonyl (C=O) groups excluding carboxylic acids is 1. The minimum absolute atomic E-state index is 0.438. The summed E-state index contributed by atoms with van der Waals surface area (Å²) in [4.78, 5) is 20.7. The van der Waals surface area contributed by atoms with E-state index in [1.165, 1.54) is 6.92 Å². The predicted molar refractivity (Wildman–Crippen MR) is 56.5 cm³/mol. The molecular weight excluding hydrogens is 274 g/mol. The van der Waals surface area contributed by atoms with Crippen molar-refractivity contribution in [1.82, 2.24) is 0 Å². The summed E-state index contributed by atoms with van der Waals surface area (Å²) in [6.07, 6.45) is 0.438. The Bertz CT molecular complexity index is 650. The van der Waals surface area contributed by atoms with Crippen LogP contribution in [0, 0.1) is 0 Å². The molecule has 8 nitrogen and oxygen atoms in total. The number of carboxylic acids is 1. The molecule has 0 radical (unpaired) electrons. The maximum absolute atomic E-state index is 11.3. The van der Waals surface area contributed by atoms with E-state index in [1.54, 1.807) is 0 Å². The van der Waals surface area contributed by atoms with Crippen LogP contribution in [0.2, 0.25) is 0 Å². The minimum Gasteiger partial charge on any atom is -0.477 e. The molecule has 0 bridgehead atoms. The molecule has 1 aliphatic heterocycles. The van der Waals surface area contributed by atoms with Gasteiger partial charge in [0.2, 0.25) is 9.84 Å². The quantitative estimate of drug-likeness (QED) is 0.679. The van der Waals surface area contributed by atoms with Crippen molar-refractivity contribution < 1.29 is 31.5 Å². The van der Waals surface area contributed by atoms with Crippen LogP contribution < -0.4 is 0 Å². The van der Waals surface area contributed by atoms with Crippen LogP contribution in [0.1, 0.15) is 6.92 Å². The molecule has 1 rings (SSSR count). The first-order chi connectivity index (χ1) is 7.62. The standard InChI is InChI=1S/C7H7NO7S2/c1-2-16(12,13)7(11)4-3-5(6(9)10)17(14,15)8-4/h3H,2H2,1H3,(H,9,10). The second-order valence-electron chi connectivity index (χ2n) is 2.96. The molecule has 0 aromatic carbocycles. The number of hydrogen-bond acceptors (Lipinski definition) is 6. The average molecular weight is 281 g/mol. The van der Waals surface area contributed by atoms with Crippen LogP contribution in [0.4, 0.5) is 0 Å². The lowest BCUT2D eigenvalue weighted by molar-refractivity contribution is -0.131. The van der Waals surface area contributed by atoms with E-state index >= 15 is 0 Å². The minimum atomic E-state index is -4.48. The summed E-state index contributed by atoms with van der Waals surface area (Å²) in [6, 6.07) is 0. The highest BCUT2D eigenvalue weighted by molar-refractivity contribution is 8.08. The molecular formula is C7H7NO7S2. The summed E-state index contributed by atoms with van der Waals surface area (Å²) in [5, 5.41) is 7.03. The average Bonchev–Trinajstić information content (AvgIpc) is 2.53. The van der Waals surface area contributed by atoms with Gasteiger partial charge in [-0.2, -0.15) is 12.8 Å². The van der Waals surface area contributed by atoms with Gasteiger partial charge in [-0.25, -0.2) is 13.2 Å². The zero-order chi connectivity index (χ0) is 13.4. The Morgan fingerprint density at radius 3 is 2.29 bits per heavy atom. The van der Waals surface area contributed by atoms with E-state index in [9.17, 15) is 26.4 Å². The molecule has 0 spiro atoms. The van der Waals surface area contributed by atoms with E-state index in [2.05, 4.69) is 4.40 Å². The Morgan fingerprint density at radius 2 is 1.94 bits per heavy atom. The molecule has 10 heteroatoms. The van der Waals surface area contributed by atoms with Crippen molar-refractivity contribution in [3.05, 3.63) is 11.0 Å². The zero-order valence-electron chi connectivity index (χ0n) is 8.44. The number of sulfonamides is 1. The van der Waals surface area contributed by atoms with Crippen molar-refractivity contribution in [1.29, 1.82) is 0 Å². The molecule has 0 saturated carbocycles. The maximum Gasteiger partial charge on any atom is 0.349 e. The molecule has 0 aromatic heterocycles. The van der Waals surface area contributed by atoms with Gasteiger partial charge in [0, 0.05) is 0 Å². The van der Waals surface area contributed by atoms with Crippen LogP contribution in [0.25, 0.3) is 0 Å². The Labute approximate surface area is 96.6 Å².